The number of hydrogen-bond acceptors (Lipinski definition) is 3. The highest BCUT2D eigenvalue weighted by molar-refractivity contribution is 9.10. The summed E-state index contributed by atoms with van der Waals surface area (Å²) in [6.45, 7) is 1.75. The molecule has 0 heterocycles. The van der Waals surface area contributed by atoms with E-state index in [1.165, 1.54) is 0 Å². The van der Waals surface area contributed by atoms with Gasteiger partial charge >= 0.3 is 0 Å². The van der Waals surface area contributed by atoms with Crippen LogP contribution in [0.3, 0.4) is 0 Å². The van der Waals surface area contributed by atoms with E-state index in [1.54, 1.807) is 0 Å². The maximum atomic E-state index is 11.9. The summed E-state index contributed by atoms with van der Waals surface area (Å²) in [5.74, 6) is 0.354. The lowest BCUT2D eigenvalue weighted by molar-refractivity contribution is -0.123. The van der Waals surface area contributed by atoms with Crippen molar-refractivity contribution in [3.8, 4) is 5.75 Å². The van der Waals surface area contributed by atoms with Gasteiger partial charge in [-0.05, 0) is 47.5 Å². The van der Waals surface area contributed by atoms with Crippen LogP contribution in [0.2, 0.25) is 0 Å². The molecule has 0 aliphatic rings. The molecule has 0 saturated heterocycles. The molecular formula is C20H17BrN2O2. The number of amides is 1. The zero-order valence-corrected chi connectivity index (χ0v) is 15.3. The molecule has 0 aliphatic heterocycles. The Morgan fingerprint density at radius 1 is 1.04 bits per heavy atom. The Labute approximate surface area is 154 Å². The Morgan fingerprint density at radius 2 is 1.76 bits per heavy atom. The fraction of sp³-hybridized carbons (Fsp3) is 0.100. The molecule has 4 nitrogen and oxygen atoms in total. The third-order valence-corrected chi connectivity index (χ3v) is 4.23. The fourth-order valence-electron chi connectivity index (χ4n) is 2.34. The molecule has 25 heavy (non-hydrogen) atoms. The van der Waals surface area contributed by atoms with Crippen molar-refractivity contribution in [2.45, 2.75) is 6.92 Å². The lowest BCUT2D eigenvalue weighted by Crippen LogP contribution is -2.25. The second kappa shape index (κ2) is 7.94. The van der Waals surface area contributed by atoms with Crippen LogP contribution in [0.4, 0.5) is 0 Å². The predicted molar refractivity (Wildman–Crippen MR) is 104 cm³/mol. The fourth-order valence-corrected chi connectivity index (χ4v) is 2.60. The molecule has 1 amide bonds. The largest absolute Gasteiger partial charge is 0.484 e. The van der Waals surface area contributed by atoms with Crippen molar-refractivity contribution in [3.05, 3.63) is 76.8 Å². The lowest BCUT2D eigenvalue weighted by Gasteiger charge is -2.07. The van der Waals surface area contributed by atoms with Gasteiger partial charge in [0.25, 0.3) is 5.91 Å². The SMILES string of the molecule is CC(=NNC(=O)COc1ccc2ccccc2c1)c1ccc(Br)cc1. The van der Waals surface area contributed by atoms with Gasteiger partial charge in [0.05, 0.1) is 5.71 Å². The summed E-state index contributed by atoms with van der Waals surface area (Å²) in [5.41, 5.74) is 4.19. The minimum absolute atomic E-state index is 0.0878. The summed E-state index contributed by atoms with van der Waals surface area (Å²) in [4.78, 5) is 11.9. The lowest BCUT2D eigenvalue weighted by atomic mass is 10.1. The van der Waals surface area contributed by atoms with E-state index < -0.39 is 0 Å². The van der Waals surface area contributed by atoms with Crippen molar-refractivity contribution in [2.24, 2.45) is 5.10 Å². The standard InChI is InChI=1S/C20H17BrN2O2/c1-14(15-6-9-18(21)10-7-15)22-23-20(24)13-25-19-11-8-16-4-2-3-5-17(16)12-19/h2-12H,13H2,1H3,(H,23,24). The van der Waals surface area contributed by atoms with Crippen LogP contribution in [0.15, 0.2) is 76.3 Å². The minimum Gasteiger partial charge on any atom is -0.484 e. The first kappa shape index (κ1) is 17.2. The van der Waals surface area contributed by atoms with Crippen LogP contribution in [-0.2, 0) is 4.79 Å². The summed E-state index contributed by atoms with van der Waals surface area (Å²) < 4.78 is 6.54. The topological polar surface area (TPSA) is 50.7 Å². The van der Waals surface area contributed by atoms with Crippen LogP contribution >= 0.6 is 15.9 Å². The molecule has 0 radical (unpaired) electrons. The average Bonchev–Trinajstić information content (AvgIpc) is 2.65. The maximum absolute atomic E-state index is 11.9. The van der Waals surface area contributed by atoms with E-state index in [0.717, 1.165) is 26.5 Å². The number of carbonyl (C=O) groups is 1. The molecule has 3 aromatic rings. The highest BCUT2D eigenvalue weighted by Crippen LogP contribution is 2.20. The van der Waals surface area contributed by atoms with E-state index in [1.807, 2.05) is 73.7 Å². The van der Waals surface area contributed by atoms with Crippen molar-refractivity contribution >= 4 is 38.3 Å². The van der Waals surface area contributed by atoms with Gasteiger partial charge in [0.1, 0.15) is 5.75 Å². The van der Waals surface area contributed by atoms with E-state index in [2.05, 4.69) is 26.5 Å². The van der Waals surface area contributed by atoms with Gasteiger partial charge in [-0.3, -0.25) is 4.79 Å². The monoisotopic (exact) mass is 396 g/mol. The van der Waals surface area contributed by atoms with E-state index in [9.17, 15) is 4.79 Å². The molecule has 0 unspecified atom stereocenters. The molecule has 0 saturated carbocycles. The van der Waals surface area contributed by atoms with Gasteiger partial charge in [-0.15, -0.1) is 0 Å². The number of benzene rings is 3. The zero-order chi connectivity index (χ0) is 17.6. The van der Waals surface area contributed by atoms with Gasteiger partial charge in [-0.2, -0.15) is 5.10 Å². The summed E-state index contributed by atoms with van der Waals surface area (Å²) in [5, 5.41) is 6.31. The van der Waals surface area contributed by atoms with Gasteiger partial charge < -0.3 is 4.74 Å². The maximum Gasteiger partial charge on any atom is 0.277 e. The quantitative estimate of drug-likeness (QED) is 0.508. The number of carbonyl (C=O) groups excluding carboxylic acids is 1. The molecule has 0 fully saturated rings. The number of fused-ring (bicyclic) bond motifs is 1. The molecule has 3 aromatic carbocycles. The smallest absolute Gasteiger partial charge is 0.277 e. The van der Waals surface area contributed by atoms with E-state index in [0.29, 0.717) is 5.75 Å². The molecule has 126 valence electrons. The van der Waals surface area contributed by atoms with Crippen LogP contribution in [0.5, 0.6) is 5.75 Å². The molecular weight excluding hydrogens is 380 g/mol. The summed E-state index contributed by atoms with van der Waals surface area (Å²) >= 11 is 3.39. The molecule has 0 aromatic heterocycles. The van der Waals surface area contributed by atoms with Crippen molar-refractivity contribution in [3.63, 3.8) is 0 Å². The van der Waals surface area contributed by atoms with Crippen molar-refractivity contribution in [1.29, 1.82) is 0 Å². The third-order valence-electron chi connectivity index (χ3n) is 3.70. The van der Waals surface area contributed by atoms with E-state index in [-0.39, 0.29) is 12.5 Å². The van der Waals surface area contributed by atoms with Crippen LogP contribution in [-0.4, -0.2) is 18.2 Å². The second-order valence-corrected chi connectivity index (χ2v) is 6.45. The number of nitrogens with zero attached hydrogens (tertiary/aromatic N) is 1. The summed E-state index contributed by atoms with van der Waals surface area (Å²) in [6.07, 6.45) is 0. The first-order valence-electron chi connectivity index (χ1n) is 7.82. The van der Waals surface area contributed by atoms with Gasteiger partial charge in [-0.25, -0.2) is 5.43 Å². The molecule has 5 heteroatoms. The van der Waals surface area contributed by atoms with Crippen molar-refractivity contribution in [1.82, 2.24) is 5.43 Å². The number of nitrogens with one attached hydrogen (secondary N) is 1. The Morgan fingerprint density at radius 3 is 2.52 bits per heavy atom. The number of hydrazone groups is 1. The Hall–Kier alpha value is -2.66. The Bertz CT molecular complexity index is 920. The van der Waals surface area contributed by atoms with Gasteiger partial charge in [0, 0.05) is 4.47 Å². The highest BCUT2D eigenvalue weighted by Gasteiger charge is 2.04. The zero-order valence-electron chi connectivity index (χ0n) is 13.7. The Balaban J connectivity index is 1.56. The van der Waals surface area contributed by atoms with Crippen molar-refractivity contribution < 1.29 is 9.53 Å². The molecule has 0 atom stereocenters. The van der Waals surface area contributed by atoms with Gasteiger partial charge in [0.15, 0.2) is 6.61 Å². The molecule has 3 rings (SSSR count). The number of rotatable bonds is 5. The molecule has 1 N–H and O–H groups in total. The second-order valence-electron chi connectivity index (χ2n) is 5.54. The minimum atomic E-state index is -0.301. The molecule has 0 bridgehead atoms. The predicted octanol–water partition coefficient (Wildman–Crippen LogP) is 4.52. The molecule has 0 aliphatic carbocycles. The van der Waals surface area contributed by atoms with Crippen LogP contribution < -0.4 is 10.2 Å². The van der Waals surface area contributed by atoms with Gasteiger partial charge in [-0.1, -0.05) is 58.4 Å². The van der Waals surface area contributed by atoms with Crippen LogP contribution in [0.1, 0.15) is 12.5 Å². The van der Waals surface area contributed by atoms with Crippen molar-refractivity contribution in [2.75, 3.05) is 6.61 Å². The van der Waals surface area contributed by atoms with E-state index in [4.69, 9.17) is 4.74 Å². The van der Waals surface area contributed by atoms with Gasteiger partial charge in [0.2, 0.25) is 0 Å². The first-order chi connectivity index (χ1) is 12.1. The van der Waals surface area contributed by atoms with Crippen LogP contribution in [0, 0.1) is 0 Å². The normalized spacial score (nSPS) is 11.4. The first-order valence-corrected chi connectivity index (χ1v) is 8.62. The number of hydrogen-bond donors (Lipinski definition) is 1. The third kappa shape index (κ3) is 4.67. The number of halogens is 1. The Kier molecular flexibility index (Phi) is 5.46. The summed E-state index contributed by atoms with van der Waals surface area (Å²) in [6, 6.07) is 21.5. The summed E-state index contributed by atoms with van der Waals surface area (Å²) in [7, 11) is 0. The number of ether oxygens (including phenoxy) is 1. The average molecular weight is 397 g/mol. The molecule has 0 spiro atoms. The van der Waals surface area contributed by atoms with Crippen LogP contribution in [0.25, 0.3) is 10.8 Å². The van der Waals surface area contributed by atoms with E-state index >= 15 is 0 Å². The highest BCUT2D eigenvalue weighted by atomic mass is 79.9.